The van der Waals surface area contributed by atoms with Crippen molar-refractivity contribution in [1.82, 2.24) is 4.57 Å². The second kappa shape index (κ2) is 15.5. The van der Waals surface area contributed by atoms with Gasteiger partial charge in [0.05, 0.1) is 13.1 Å². The van der Waals surface area contributed by atoms with Crippen LogP contribution < -0.4 is 4.57 Å². The van der Waals surface area contributed by atoms with Crippen molar-refractivity contribution in [1.29, 1.82) is 0 Å². The van der Waals surface area contributed by atoms with Crippen LogP contribution in [0.25, 0.3) is 0 Å². The fourth-order valence-electron chi connectivity index (χ4n) is 3.42. The molecule has 0 aliphatic carbocycles. The minimum Gasteiger partial charge on any atom is -0.237 e. The van der Waals surface area contributed by atoms with Crippen LogP contribution in [-0.4, -0.2) is 4.57 Å². The Hall–Kier alpha value is -0.790. The molecule has 0 saturated heterocycles. The first-order valence-corrected chi connectivity index (χ1v) is 11.3. The molecule has 0 saturated carbocycles. The molecule has 0 atom stereocenters. The molecular formula is C23H45N2+. The van der Waals surface area contributed by atoms with Crippen molar-refractivity contribution in [3.8, 4) is 0 Å². The summed E-state index contributed by atoms with van der Waals surface area (Å²) in [6, 6.07) is 0. The van der Waals surface area contributed by atoms with Crippen LogP contribution in [-0.2, 0) is 13.1 Å². The molecule has 25 heavy (non-hydrogen) atoms. The topological polar surface area (TPSA) is 8.81 Å². The second-order valence-electron chi connectivity index (χ2n) is 8.31. The lowest BCUT2D eigenvalue weighted by Gasteiger charge is -2.03. The summed E-state index contributed by atoms with van der Waals surface area (Å²) in [5.41, 5.74) is 0. The van der Waals surface area contributed by atoms with E-state index in [0.717, 1.165) is 12.5 Å². The Bertz CT molecular complexity index is 395. The number of hydrogen-bond acceptors (Lipinski definition) is 0. The van der Waals surface area contributed by atoms with E-state index < -0.39 is 0 Å². The normalized spacial score (nSPS) is 11.5. The van der Waals surface area contributed by atoms with Crippen LogP contribution in [0.3, 0.4) is 0 Å². The Kier molecular flexibility index (Phi) is 13.8. The number of hydrogen-bond donors (Lipinski definition) is 0. The van der Waals surface area contributed by atoms with Crippen molar-refractivity contribution in [3.05, 3.63) is 18.7 Å². The van der Waals surface area contributed by atoms with E-state index >= 15 is 0 Å². The Morgan fingerprint density at radius 2 is 1.28 bits per heavy atom. The third-order valence-electron chi connectivity index (χ3n) is 5.23. The van der Waals surface area contributed by atoms with Crippen LogP contribution in [0.2, 0.25) is 0 Å². The van der Waals surface area contributed by atoms with Gasteiger partial charge in [0.25, 0.3) is 0 Å². The van der Waals surface area contributed by atoms with Gasteiger partial charge in [0, 0.05) is 0 Å². The predicted molar refractivity (Wildman–Crippen MR) is 110 cm³/mol. The summed E-state index contributed by atoms with van der Waals surface area (Å²) in [6.07, 6.45) is 26.6. The first-order valence-electron chi connectivity index (χ1n) is 11.3. The van der Waals surface area contributed by atoms with Gasteiger partial charge in [-0.05, 0) is 25.2 Å². The van der Waals surface area contributed by atoms with Crippen LogP contribution in [0.15, 0.2) is 18.7 Å². The van der Waals surface area contributed by atoms with Crippen LogP contribution in [0.1, 0.15) is 111 Å². The van der Waals surface area contributed by atoms with E-state index in [2.05, 4.69) is 48.6 Å². The Morgan fingerprint density at radius 1 is 0.760 bits per heavy atom. The fraction of sp³-hybridized carbons (Fsp3) is 0.870. The Balaban J connectivity index is 1.86. The molecule has 0 amide bonds. The monoisotopic (exact) mass is 349 g/mol. The summed E-state index contributed by atoms with van der Waals surface area (Å²) < 4.78 is 4.70. The van der Waals surface area contributed by atoms with Crippen LogP contribution in [0.4, 0.5) is 0 Å². The van der Waals surface area contributed by atoms with E-state index in [1.54, 1.807) is 0 Å². The highest BCUT2D eigenvalue weighted by atomic mass is 15.1. The van der Waals surface area contributed by atoms with Gasteiger partial charge >= 0.3 is 0 Å². The van der Waals surface area contributed by atoms with Crippen LogP contribution >= 0.6 is 0 Å². The summed E-state index contributed by atoms with van der Waals surface area (Å²) >= 11 is 0. The molecule has 1 rings (SSSR count). The SMILES string of the molecule is CCCCCCCCCCCCCCC[n+]1ccn(CCC(C)C)c1. The number of nitrogens with zero attached hydrogens (tertiary/aromatic N) is 2. The molecule has 0 aromatic carbocycles. The maximum atomic E-state index is 2.36. The van der Waals surface area contributed by atoms with Gasteiger partial charge in [-0.3, -0.25) is 0 Å². The Labute approximate surface area is 158 Å². The molecule has 0 radical (unpaired) electrons. The van der Waals surface area contributed by atoms with Crippen molar-refractivity contribution in [2.24, 2.45) is 5.92 Å². The van der Waals surface area contributed by atoms with E-state index in [1.165, 1.54) is 96.4 Å². The van der Waals surface area contributed by atoms with Crippen molar-refractivity contribution < 1.29 is 4.57 Å². The third kappa shape index (κ3) is 13.1. The first-order chi connectivity index (χ1) is 12.2. The zero-order valence-electron chi connectivity index (χ0n) is 17.5. The van der Waals surface area contributed by atoms with Gasteiger partial charge in [-0.1, -0.05) is 91.4 Å². The lowest BCUT2D eigenvalue weighted by Crippen LogP contribution is -2.30. The fourth-order valence-corrected chi connectivity index (χ4v) is 3.42. The summed E-state index contributed by atoms with van der Waals surface area (Å²) in [6.45, 7) is 9.23. The maximum absolute atomic E-state index is 2.36. The number of imidazole rings is 1. The number of unbranched alkanes of at least 4 members (excludes halogenated alkanes) is 12. The summed E-state index contributed by atoms with van der Waals surface area (Å²) in [7, 11) is 0. The van der Waals surface area contributed by atoms with Gasteiger partial charge in [0.15, 0.2) is 0 Å². The van der Waals surface area contributed by atoms with E-state index in [9.17, 15) is 0 Å². The average Bonchev–Trinajstić information content (AvgIpc) is 3.05. The van der Waals surface area contributed by atoms with Gasteiger partial charge in [-0.2, -0.15) is 0 Å². The lowest BCUT2D eigenvalue weighted by molar-refractivity contribution is -0.696. The first kappa shape index (κ1) is 22.3. The van der Waals surface area contributed by atoms with Crippen molar-refractivity contribution in [2.45, 2.75) is 124 Å². The molecule has 146 valence electrons. The average molecular weight is 350 g/mol. The molecule has 1 aromatic rings. The van der Waals surface area contributed by atoms with E-state index in [-0.39, 0.29) is 0 Å². The molecule has 2 nitrogen and oxygen atoms in total. The second-order valence-corrected chi connectivity index (χ2v) is 8.31. The van der Waals surface area contributed by atoms with E-state index in [4.69, 9.17) is 0 Å². The lowest BCUT2D eigenvalue weighted by atomic mass is 10.0. The molecule has 0 unspecified atom stereocenters. The molecule has 0 N–H and O–H groups in total. The zero-order chi connectivity index (χ0) is 18.2. The maximum Gasteiger partial charge on any atom is 0.243 e. The standard InChI is InChI=1S/C23H45N2/c1-4-5-6-7-8-9-10-11-12-13-14-15-16-18-24-20-21-25(22-24)19-17-23(2)3/h20-23H,4-19H2,1-3H3/q+1. The molecule has 0 aliphatic heterocycles. The molecule has 1 aromatic heterocycles. The van der Waals surface area contributed by atoms with Crippen LogP contribution in [0.5, 0.6) is 0 Å². The van der Waals surface area contributed by atoms with E-state index in [0.29, 0.717) is 0 Å². The molecule has 0 fully saturated rings. The summed E-state index contributed by atoms with van der Waals surface area (Å²) in [5, 5.41) is 0. The minimum absolute atomic E-state index is 0.789. The van der Waals surface area contributed by atoms with Crippen molar-refractivity contribution >= 4 is 0 Å². The Morgan fingerprint density at radius 3 is 1.80 bits per heavy atom. The number of aryl methyl sites for hydroxylation is 2. The smallest absolute Gasteiger partial charge is 0.237 e. The summed E-state index contributed by atoms with van der Waals surface area (Å²) in [4.78, 5) is 0. The van der Waals surface area contributed by atoms with Gasteiger partial charge < -0.3 is 0 Å². The molecule has 0 aliphatic rings. The number of aromatic nitrogens is 2. The van der Waals surface area contributed by atoms with Crippen LogP contribution in [0, 0.1) is 5.92 Å². The van der Waals surface area contributed by atoms with E-state index in [1.807, 2.05) is 0 Å². The van der Waals surface area contributed by atoms with Gasteiger partial charge in [0.1, 0.15) is 12.4 Å². The van der Waals surface area contributed by atoms with Crippen molar-refractivity contribution in [3.63, 3.8) is 0 Å². The highest BCUT2D eigenvalue weighted by Crippen LogP contribution is 2.12. The molecule has 1 heterocycles. The van der Waals surface area contributed by atoms with Crippen molar-refractivity contribution in [2.75, 3.05) is 0 Å². The predicted octanol–water partition coefficient (Wildman–Crippen LogP) is 6.91. The summed E-state index contributed by atoms with van der Waals surface area (Å²) in [5.74, 6) is 0.789. The largest absolute Gasteiger partial charge is 0.243 e. The molecule has 2 heteroatoms. The molecular weight excluding hydrogens is 304 g/mol. The van der Waals surface area contributed by atoms with Gasteiger partial charge in [-0.25, -0.2) is 9.13 Å². The highest BCUT2D eigenvalue weighted by Gasteiger charge is 2.04. The highest BCUT2D eigenvalue weighted by molar-refractivity contribution is 4.66. The quantitative estimate of drug-likeness (QED) is 0.213. The molecule has 0 bridgehead atoms. The minimum atomic E-state index is 0.789. The third-order valence-corrected chi connectivity index (χ3v) is 5.23. The zero-order valence-corrected chi connectivity index (χ0v) is 17.5. The number of rotatable bonds is 17. The van der Waals surface area contributed by atoms with Gasteiger partial charge in [-0.15, -0.1) is 0 Å². The van der Waals surface area contributed by atoms with Gasteiger partial charge in [0.2, 0.25) is 6.33 Å². The molecule has 0 spiro atoms.